The number of nitrogen functional groups attached to an aromatic ring is 1. The van der Waals surface area contributed by atoms with Crippen molar-refractivity contribution in [3.63, 3.8) is 0 Å². The number of aromatic nitrogens is 4. The molecule has 3 rings (SSSR count). The van der Waals surface area contributed by atoms with E-state index >= 15 is 0 Å². The molecular weight excluding hydrogens is 204 g/mol. The van der Waals surface area contributed by atoms with E-state index in [1.165, 1.54) is 0 Å². The van der Waals surface area contributed by atoms with Gasteiger partial charge in [-0.15, -0.1) is 0 Å². The summed E-state index contributed by atoms with van der Waals surface area (Å²) in [4.78, 5) is 8.51. The van der Waals surface area contributed by atoms with E-state index in [-0.39, 0.29) is 0 Å². The molecule has 6 heteroatoms. The number of fused-ring (bicyclic) bond motifs is 1. The summed E-state index contributed by atoms with van der Waals surface area (Å²) in [5.74, 6) is 6.31. The maximum Gasteiger partial charge on any atom is 0.252 e. The number of benzene rings is 1. The summed E-state index contributed by atoms with van der Waals surface area (Å²) in [5.41, 5.74) is 4.37. The third-order valence-electron chi connectivity index (χ3n) is 2.33. The SMILES string of the molecule is NNc1nc2nc(-c3ccccc3)cn2[nH]1. The first-order valence-electron chi connectivity index (χ1n) is 4.84. The fraction of sp³-hybridized carbons (Fsp3) is 0. The van der Waals surface area contributed by atoms with E-state index in [2.05, 4.69) is 20.5 Å². The molecule has 0 aliphatic carbocycles. The Morgan fingerprint density at radius 3 is 2.69 bits per heavy atom. The average molecular weight is 214 g/mol. The minimum Gasteiger partial charge on any atom is -0.293 e. The van der Waals surface area contributed by atoms with Gasteiger partial charge in [0.1, 0.15) is 0 Å². The second-order valence-electron chi connectivity index (χ2n) is 3.38. The van der Waals surface area contributed by atoms with Gasteiger partial charge in [0.15, 0.2) is 0 Å². The number of hydrazine groups is 1. The van der Waals surface area contributed by atoms with Crippen LogP contribution in [0, 0.1) is 0 Å². The lowest BCUT2D eigenvalue weighted by atomic mass is 10.2. The van der Waals surface area contributed by atoms with Crippen LogP contribution in [-0.4, -0.2) is 19.6 Å². The lowest BCUT2D eigenvalue weighted by molar-refractivity contribution is 0.970. The van der Waals surface area contributed by atoms with Gasteiger partial charge in [0.2, 0.25) is 5.95 Å². The second-order valence-corrected chi connectivity index (χ2v) is 3.38. The van der Waals surface area contributed by atoms with E-state index < -0.39 is 0 Å². The van der Waals surface area contributed by atoms with Crippen molar-refractivity contribution in [3.05, 3.63) is 36.5 Å². The Labute approximate surface area is 91.1 Å². The molecule has 0 radical (unpaired) electrons. The van der Waals surface area contributed by atoms with Gasteiger partial charge in [0.25, 0.3) is 5.78 Å². The first-order valence-corrected chi connectivity index (χ1v) is 4.84. The molecule has 3 aromatic rings. The average Bonchev–Trinajstić information content (AvgIpc) is 2.87. The predicted molar refractivity (Wildman–Crippen MR) is 60.6 cm³/mol. The number of imidazole rings is 1. The molecule has 1 aromatic carbocycles. The Bertz CT molecular complexity index is 577. The van der Waals surface area contributed by atoms with Crippen LogP contribution in [0.5, 0.6) is 0 Å². The van der Waals surface area contributed by atoms with Gasteiger partial charge in [-0.2, -0.15) is 4.98 Å². The summed E-state index contributed by atoms with van der Waals surface area (Å²) in [6, 6.07) is 9.93. The predicted octanol–water partition coefficient (Wildman–Crippen LogP) is 1.01. The molecule has 0 amide bonds. The largest absolute Gasteiger partial charge is 0.293 e. The van der Waals surface area contributed by atoms with Crippen molar-refractivity contribution in [2.75, 3.05) is 5.43 Å². The molecule has 0 atom stereocenters. The van der Waals surface area contributed by atoms with Crippen molar-refractivity contribution in [3.8, 4) is 11.3 Å². The van der Waals surface area contributed by atoms with Gasteiger partial charge in [-0.05, 0) is 0 Å². The highest BCUT2D eigenvalue weighted by atomic mass is 15.4. The number of rotatable bonds is 2. The van der Waals surface area contributed by atoms with E-state index in [0.29, 0.717) is 11.7 Å². The van der Waals surface area contributed by atoms with Crippen LogP contribution in [0.15, 0.2) is 36.5 Å². The number of nitrogens with two attached hydrogens (primary N) is 1. The van der Waals surface area contributed by atoms with Gasteiger partial charge >= 0.3 is 0 Å². The second kappa shape index (κ2) is 3.35. The molecule has 0 bridgehead atoms. The third-order valence-corrected chi connectivity index (χ3v) is 2.33. The first kappa shape index (κ1) is 8.93. The number of hydrogen-bond acceptors (Lipinski definition) is 4. The maximum atomic E-state index is 5.24. The van der Waals surface area contributed by atoms with Crippen LogP contribution >= 0.6 is 0 Å². The smallest absolute Gasteiger partial charge is 0.252 e. The Balaban J connectivity index is 2.10. The van der Waals surface area contributed by atoms with Crippen LogP contribution in [-0.2, 0) is 0 Å². The van der Waals surface area contributed by atoms with Crippen LogP contribution in [0.25, 0.3) is 17.0 Å². The van der Waals surface area contributed by atoms with Crippen molar-refractivity contribution in [2.24, 2.45) is 5.84 Å². The van der Waals surface area contributed by atoms with Gasteiger partial charge in [0, 0.05) is 5.56 Å². The number of H-pyrrole nitrogens is 1. The summed E-state index contributed by atoms with van der Waals surface area (Å²) >= 11 is 0. The molecule has 2 heterocycles. The minimum atomic E-state index is 0.488. The van der Waals surface area contributed by atoms with Crippen molar-refractivity contribution >= 4 is 11.7 Å². The van der Waals surface area contributed by atoms with Gasteiger partial charge in [0.05, 0.1) is 11.9 Å². The number of nitrogens with zero attached hydrogens (tertiary/aromatic N) is 3. The summed E-state index contributed by atoms with van der Waals surface area (Å²) in [5, 5.41) is 2.94. The molecule has 0 unspecified atom stereocenters. The van der Waals surface area contributed by atoms with Gasteiger partial charge in [-0.25, -0.2) is 15.3 Å². The van der Waals surface area contributed by atoms with Crippen LogP contribution < -0.4 is 11.3 Å². The Morgan fingerprint density at radius 1 is 1.19 bits per heavy atom. The quantitative estimate of drug-likeness (QED) is 0.439. The number of nitrogens with one attached hydrogen (secondary N) is 2. The molecule has 6 nitrogen and oxygen atoms in total. The summed E-state index contributed by atoms with van der Waals surface area (Å²) in [7, 11) is 0. The molecule has 2 aromatic heterocycles. The lowest BCUT2D eigenvalue weighted by Crippen LogP contribution is -2.08. The van der Waals surface area contributed by atoms with Gasteiger partial charge < -0.3 is 0 Å². The Kier molecular flexibility index (Phi) is 1.87. The maximum absolute atomic E-state index is 5.24. The molecule has 0 spiro atoms. The number of anilines is 1. The summed E-state index contributed by atoms with van der Waals surface area (Å²) in [6.45, 7) is 0. The highest BCUT2D eigenvalue weighted by Gasteiger charge is 2.07. The Morgan fingerprint density at radius 2 is 2.00 bits per heavy atom. The fourth-order valence-corrected chi connectivity index (χ4v) is 1.58. The van der Waals surface area contributed by atoms with E-state index in [1.807, 2.05) is 36.5 Å². The molecule has 0 fully saturated rings. The highest BCUT2D eigenvalue weighted by Crippen LogP contribution is 2.17. The normalized spacial score (nSPS) is 10.8. The molecule has 0 aliphatic rings. The molecule has 0 saturated carbocycles. The van der Waals surface area contributed by atoms with Crippen molar-refractivity contribution in [1.82, 2.24) is 19.6 Å². The minimum absolute atomic E-state index is 0.488. The van der Waals surface area contributed by atoms with Gasteiger partial charge in [-0.3, -0.25) is 10.5 Å². The summed E-state index contributed by atoms with van der Waals surface area (Å²) < 4.78 is 1.72. The number of aromatic amines is 1. The van der Waals surface area contributed by atoms with Crippen molar-refractivity contribution < 1.29 is 0 Å². The molecule has 16 heavy (non-hydrogen) atoms. The zero-order valence-electron chi connectivity index (χ0n) is 8.38. The zero-order valence-corrected chi connectivity index (χ0v) is 8.38. The molecular formula is C10H10N6. The molecule has 0 aliphatic heterocycles. The zero-order chi connectivity index (χ0) is 11.0. The van der Waals surface area contributed by atoms with E-state index in [0.717, 1.165) is 11.3 Å². The van der Waals surface area contributed by atoms with Crippen LogP contribution in [0.1, 0.15) is 0 Å². The highest BCUT2D eigenvalue weighted by molar-refractivity contribution is 5.61. The summed E-state index contributed by atoms with van der Waals surface area (Å²) in [6.07, 6.45) is 1.87. The third kappa shape index (κ3) is 1.32. The fourth-order valence-electron chi connectivity index (χ4n) is 1.58. The van der Waals surface area contributed by atoms with E-state index in [9.17, 15) is 0 Å². The topological polar surface area (TPSA) is 84.0 Å². The first-order chi connectivity index (χ1) is 7.86. The number of hydrogen-bond donors (Lipinski definition) is 3. The monoisotopic (exact) mass is 214 g/mol. The van der Waals surface area contributed by atoms with Crippen LogP contribution in [0.2, 0.25) is 0 Å². The van der Waals surface area contributed by atoms with Crippen LogP contribution in [0.3, 0.4) is 0 Å². The van der Waals surface area contributed by atoms with Gasteiger partial charge in [-0.1, -0.05) is 30.3 Å². The molecule has 80 valence electrons. The standard InChI is InChI=1S/C10H10N6/c11-14-9-13-10-12-8(6-16(10)15-9)7-4-2-1-3-5-7/h1-6H,11H2,(H2,12,13,14,15). The van der Waals surface area contributed by atoms with Crippen LogP contribution in [0.4, 0.5) is 5.95 Å². The lowest BCUT2D eigenvalue weighted by Gasteiger charge is -1.93. The molecule has 0 saturated heterocycles. The van der Waals surface area contributed by atoms with E-state index in [4.69, 9.17) is 5.84 Å². The van der Waals surface area contributed by atoms with Crippen molar-refractivity contribution in [1.29, 1.82) is 0 Å². The molecule has 4 N–H and O–H groups in total. The van der Waals surface area contributed by atoms with E-state index in [1.54, 1.807) is 4.52 Å². The Hall–Kier alpha value is -2.34. The van der Waals surface area contributed by atoms with Crippen molar-refractivity contribution in [2.45, 2.75) is 0 Å².